The molecule has 3 aromatic rings. The van der Waals surface area contributed by atoms with Gasteiger partial charge in [0.1, 0.15) is 5.75 Å². The van der Waals surface area contributed by atoms with Crippen molar-refractivity contribution in [2.24, 2.45) is 0 Å². The molecule has 1 amide bonds. The summed E-state index contributed by atoms with van der Waals surface area (Å²) < 4.78 is 32.8. The van der Waals surface area contributed by atoms with Crippen LogP contribution in [0, 0.1) is 0 Å². The van der Waals surface area contributed by atoms with E-state index in [-0.39, 0.29) is 15.9 Å². The van der Waals surface area contributed by atoms with E-state index in [1.807, 2.05) is 6.92 Å². The van der Waals surface area contributed by atoms with E-state index in [2.05, 4.69) is 15.0 Å². The molecule has 2 N–H and O–H groups in total. The smallest absolute Gasteiger partial charge is 0.265 e. The monoisotopic (exact) mass is 451 g/mol. The summed E-state index contributed by atoms with van der Waals surface area (Å²) in [5.74, 6) is 0.199. The molecule has 1 atom stereocenters. The van der Waals surface area contributed by atoms with Crippen molar-refractivity contribution in [3.8, 4) is 5.75 Å². The molecule has 0 saturated heterocycles. The number of rotatable bonds is 8. The fraction of sp³-hybridized carbons (Fsp3) is 0.158. The number of amides is 1. The van der Waals surface area contributed by atoms with Crippen molar-refractivity contribution in [3.63, 3.8) is 0 Å². The fourth-order valence-corrected chi connectivity index (χ4v) is 4.30. The summed E-state index contributed by atoms with van der Waals surface area (Å²) in [5.41, 5.74) is 0.460. The quantitative estimate of drug-likeness (QED) is 0.529. The molecule has 0 saturated carbocycles. The van der Waals surface area contributed by atoms with Crippen molar-refractivity contribution in [3.05, 3.63) is 65.1 Å². The number of nitrogens with zero attached hydrogens (tertiary/aromatic N) is 1. The summed E-state index contributed by atoms with van der Waals surface area (Å²) in [7, 11) is -3.74. The third kappa shape index (κ3) is 5.69. The van der Waals surface area contributed by atoms with Gasteiger partial charge in [0.15, 0.2) is 11.2 Å². The molecular weight excluding hydrogens is 434 g/mol. The van der Waals surface area contributed by atoms with E-state index in [4.69, 9.17) is 16.3 Å². The number of anilines is 2. The molecule has 3 rings (SSSR count). The molecule has 152 valence electrons. The van der Waals surface area contributed by atoms with Crippen LogP contribution in [0.4, 0.5) is 10.8 Å². The van der Waals surface area contributed by atoms with Gasteiger partial charge in [-0.2, -0.15) is 0 Å². The van der Waals surface area contributed by atoms with Crippen molar-refractivity contribution < 1.29 is 17.9 Å². The van der Waals surface area contributed by atoms with Gasteiger partial charge >= 0.3 is 0 Å². The first-order valence-electron chi connectivity index (χ1n) is 8.63. The Hall–Kier alpha value is -2.62. The van der Waals surface area contributed by atoms with Crippen LogP contribution in [0.25, 0.3) is 0 Å². The van der Waals surface area contributed by atoms with Crippen molar-refractivity contribution in [1.82, 2.24) is 4.98 Å². The van der Waals surface area contributed by atoms with Gasteiger partial charge in [-0.3, -0.25) is 9.52 Å². The molecule has 0 unspecified atom stereocenters. The lowest BCUT2D eigenvalue weighted by atomic mass is 10.2. The Morgan fingerprint density at radius 2 is 1.86 bits per heavy atom. The predicted molar refractivity (Wildman–Crippen MR) is 114 cm³/mol. The molecular formula is C19H18ClN3O4S2. The Morgan fingerprint density at radius 3 is 2.45 bits per heavy atom. The number of hydrogen-bond donors (Lipinski definition) is 2. The second-order valence-electron chi connectivity index (χ2n) is 5.93. The first-order valence-corrected chi connectivity index (χ1v) is 11.4. The van der Waals surface area contributed by atoms with E-state index >= 15 is 0 Å². The highest BCUT2D eigenvalue weighted by atomic mass is 35.5. The average molecular weight is 452 g/mol. The van der Waals surface area contributed by atoms with Crippen LogP contribution in [0.1, 0.15) is 13.3 Å². The SMILES string of the molecule is CC[C@H](Oc1ccc(Cl)cc1)C(=O)Nc1ccc(S(=O)(=O)Nc2nccs2)cc1. The van der Waals surface area contributed by atoms with Crippen LogP contribution in [0.5, 0.6) is 5.75 Å². The normalized spacial score (nSPS) is 12.2. The molecule has 0 aliphatic heterocycles. The van der Waals surface area contributed by atoms with Crippen LogP contribution in [0.15, 0.2) is 65.0 Å². The Balaban J connectivity index is 1.64. The first kappa shape index (κ1) is 21.1. The van der Waals surface area contributed by atoms with Crippen molar-refractivity contribution >= 4 is 49.7 Å². The third-order valence-corrected chi connectivity index (χ3v) is 6.27. The number of nitrogens with one attached hydrogen (secondary N) is 2. The van der Waals surface area contributed by atoms with Crippen LogP contribution in [-0.4, -0.2) is 25.4 Å². The zero-order chi connectivity index (χ0) is 20.9. The predicted octanol–water partition coefficient (Wildman–Crippen LogP) is 4.39. The summed E-state index contributed by atoms with van der Waals surface area (Å²) in [6.07, 6.45) is 1.27. The Morgan fingerprint density at radius 1 is 1.17 bits per heavy atom. The van der Waals surface area contributed by atoms with Gasteiger partial charge in [0.25, 0.3) is 15.9 Å². The van der Waals surface area contributed by atoms with Crippen LogP contribution in [0.2, 0.25) is 5.02 Å². The van der Waals surface area contributed by atoms with Gasteiger partial charge in [-0.25, -0.2) is 13.4 Å². The fourth-order valence-electron chi connectivity index (χ4n) is 2.39. The highest BCUT2D eigenvalue weighted by Crippen LogP contribution is 2.21. The Labute approximate surface area is 177 Å². The first-order chi connectivity index (χ1) is 13.9. The maximum atomic E-state index is 12.5. The highest BCUT2D eigenvalue weighted by Gasteiger charge is 2.20. The minimum atomic E-state index is -3.74. The number of aromatic nitrogens is 1. The van der Waals surface area contributed by atoms with Crippen LogP contribution >= 0.6 is 22.9 Å². The van der Waals surface area contributed by atoms with Crippen molar-refractivity contribution in [1.29, 1.82) is 0 Å². The lowest BCUT2D eigenvalue weighted by molar-refractivity contribution is -0.122. The molecule has 0 aliphatic rings. The third-order valence-electron chi connectivity index (χ3n) is 3.84. The number of carbonyl (C=O) groups excluding carboxylic acids is 1. The summed E-state index contributed by atoms with van der Waals surface area (Å²) in [4.78, 5) is 16.5. The standard InChI is InChI=1S/C19H18ClN3O4S2/c1-2-17(27-15-7-3-13(20)4-8-15)18(24)22-14-5-9-16(10-6-14)29(25,26)23-19-21-11-12-28-19/h3-12,17H,2H2,1H3,(H,21,23)(H,22,24)/t17-/m0/s1. The zero-order valence-electron chi connectivity index (χ0n) is 15.3. The van der Waals surface area contributed by atoms with E-state index in [1.165, 1.54) is 41.8 Å². The largest absolute Gasteiger partial charge is 0.481 e. The second-order valence-corrected chi connectivity index (χ2v) is 8.94. The van der Waals surface area contributed by atoms with Gasteiger partial charge in [0.2, 0.25) is 0 Å². The minimum absolute atomic E-state index is 0.0650. The Kier molecular flexibility index (Phi) is 6.73. The minimum Gasteiger partial charge on any atom is -0.481 e. The van der Waals surface area contributed by atoms with E-state index in [9.17, 15) is 13.2 Å². The van der Waals surface area contributed by atoms with Gasteiger partial charge in [-0.05, 0) is 55.0 Å². The number of carbonyl (C=O) groups is 1. The molecule has 0 radical (unpaired) electrons. The van der Waals surface area contributed by atoms with E-state index < -0.39 is 16.1 Å². The number of sulfonamides is 1. The summed E-state index contributed by atoms with van der Waals surface area (Å²) in [5, 5.41) is 5.27. The lowest BCUT2D eigenvalue weighted by Crippen LogP contribution is -2.32. The van der Waals surface area contributed by atoms with Crippen molar-refractivity contribution in [2.45, 2.75) is 24.3 Å². The summed E-state index contributed by atoms with van der Waals surface area (Å²) in [6.45, 7) is 1.83. The van der Waals surface area contributed by atoms with E-state index in [0.717, 1.165) is 0 Å². The molecule has 29 heavy (non-hydrogen) atoms. The topological polar surface area (TPSA) is 97.4 Å². The molecule has 0 aliphatic carbocycles. The average Bonchev–Trinajstić information content (AvgIpc) is 3.20. The maximum Gasteiger partial charge on any atom is 0.265 e. The molecule has 10 heteroatoms. The maximum absolute atomic E-state index is 12.5. The highest BCUT2D eigenvalue weighted by molar-refractivity contribution is 7.93. The number of hydrogen-bond acceptors (Lipinski definition) is 6. The Bertz CT molecular complexity index is 1050. The van der Waals surface area contributed by atoms with Gasteiger partial charge in [-0.1, -0.05) is 18.5 Å². The summed E-state index contributed by atoms with van der Waals surface area (Å²) >= 11 is 7.03. The summed E-state index contributed by atoms with van der Waals surface area (Å²) in [6, 6.07) is 12.6. The van der Waals surface area contributed by atoms with Gasteiger partial charge in [0, 0.05) is 22.3 Å². The van der Waals surface area contributed by atoms with Crippen LogP contribution in [0.3, 0.4) is 0 Å². The van der Waals surface area contributed by atoms with Gasteiger partial charge < -0.3 is 10.1 Å². The van der Waals surface area contributed by atoms with Crippen LogP contribution < -0.4 is 14.8 Å². The van der Waals surface area contributed by atoms with Gasteiger partial charge in [0.05, 0.1) is 4.90 Å². The van der Waals surface area contributed by atoms with Crippen molar-refractivity contribution in [2.75, 3.05) is 10.0 Å². The molecule has 0 fully saturated rings. The lowest BCUT2D eigenvalue weighted by Gasteiger charge is -2.17. The number of ether oxygens (including phenoxy) is 1. The molecule has 7 nitrogen and oxygen atoms in total. The van der Waals surface area contributed by atoms with Crippen LogP contribution in [-0.2, 0) is 14.8 Å². The molecule has 0 bridgehead atoms. The number of benzene rings is 2. The van der Waals surface area contributed by atoms with Gasteiger partial charge in [-0.15, -0.1) is 11.3 Å². The molecule has 1 aromatic heterocycles. The molecule has 2 aromatic carbocycles. The molecule has 1 heterocycles. The van der Waals surface area contributed by atoms with E-state index in [0.29, 0.717) is 22.9 Å². The van der Waals surface area contributed by atoms with E-state index in [1.54, 1.807) is 29.6 Å². The zero-order valence-corrected chi connectivity index (χ0v) is 17.7. The number of thiazole rings is 1. The number of halogens is 1. The molecule has 0 spiro atoms. The second kappa shape index (κ2) is 9.25.